The number of hydrogen-bond acceptors (Lipinski definition) is 5. The van der Waals surface area contributed by atoms with Gasteiger partial charge < -0.3 is 4.90 Å². The Hall–Kier alpha value is -2.09. The summed E-state index contributed by atoms with van der Waals surface area (Å²) in [6.07, 6.45) is 4.01. The van der Waals surface area contributed by atoms with Crippen LogP contribution in [-0.4, -0.2) is 37.7 Å². The molecule has 0 saturated carbocycles. The monoisotopic (exact) mass is 267 g/mol. The van der Waals surface area contributed by atoms with E-state index in [1.807, 2.05) is 19.0 Å². The second-order valence-electron chi connectivity index (χ2n) is 3.84. The van der Waals surface area contributed by atoms with E-state index in [1.165, 1.54) is 18.6 Å². The lowest BCUT2D eigenvalue weighted by molar-refractivity contribution is 0.601. The van der Waals surface area contributed by atoms with Crippen molar-refractivity contribution in [2.45, 2.75) is 4.90 Å². The Morgan fingerprint density at radius 3 is 2.56 bits per heavy atom. The molecule has 18 heavy (non-hydrogen) atoms. The number of pyridine rings is 1. The van der Waals surface area contributed by atoms with Crippen LogP contribution in [0.1, 0.15) is 0 Å². The van der Waals surface area contributed by atoms with Crippen molar-refractivity contribution in [1.82, 2.24) is 15.2 Å². The fraction of sp³-hybridized carbons (Fsp3) is 0.200. The van der Waals surface area contributed by atoms with E-state index in [-0.39, 0.29) is 4.90 Å². The first kappa shape index (κ1) is 12.4. The number of rotatable bonds is 4. The van der Waals surface area contributed by atoms with Crippen LogP contribution in [-0.2, 0) is 10.0 Å². The van der Waals surface area contributed by atoms with Gasteiger partial charge in [0.25, 0.3) is 10.0 Å². The zero-order valence-corrected chi connectivity index (χ0v) is 10.8. The average molecular weight is 267 g/mol. The zero-order chi connectivity index (χ0) is 13.2. The molecule has 0 aromatic carbocycles. The van der Waals surface area contributed by atoms with Crippen molar-refractivity contribution in [3.63, 3.8) is 0 Å². The van der Waals surface area contributed by atoms with Crippen molar-refractivity contribution < 1.29 is 8.42 Å². The van der Waals surface area contributed by atoms with E-state index >= 15 is 0 Å². The first-order valence-corrected chi connectivity index (χ1v) is 6.62. The largest absolute Gasteiger partial charge is 0.363 e. The molecule has 0 radical (unpaired) electrons. The molecule has 0 aliphatic carbocycles. The van der Waals surface area contributed by atoms with Gasteiger partial charge in [0.2, 0.25) is 0 Å². The van der Waals surface area contributed by atoms with Crippen LogP contribution in [0.25, 0.3) is 0 Å². The van der Waals surface area contributed by atoms with Crippen LogP contribution in [0.4, 0.5) is 11.5 Å². The van der Waals surface area contributed by atoms with Crippen LogP contribution in [0, 0.1) is 0 Å². The van der Waals surface area contributed by atoms with Gasteiger partial charge in [0.15, 0.2) is 0 Å². The summed E-state index contributed by atoms with van der Waals surface area (Å²) in [5, 5.41) is 6.06. The number of H-pyrrole nitrogens is 1. The van der Waals surface area contributed by atoms with E-state index < -0.39 is 10.0 Å². The number of aromatic nitrogens is 3. The van der Waals surface area contributed by atoms with E-state index in [2.05, 4.69) is 19.9 Å². The molecule has 0 aliphatic rings. The fourth-order valence-electron chi connectivity index (χ4n) is 1.31. The molecule has 2 N–H and O–H groups in total. The minimum Gasteiger partial charge on any atom is -0.363 e. The summed E-state index contributed by atoms with van der Waals surface area (Å²) in [4.78, 5) is 6.03. The molecule has 7 nitrogen and oxygen atoms in total. The van der Waals surface area contributed by atoms with E-state index in [0.717, 1.165) is 5.82 Å². The Balaban J connectivity index is 2.20. The summed E-state index contributed by atoms with van der Waals surface area (Å²) < 4.78 is 26.2. The van der Waals surface area contributed by atoms with E-state index in [1.54, 1.807) is 12.1 Å². The van der Waals surface area contributed by atoms with Crippen LogP contribution >= 0.6 is 0 Å². The lowest BCUT2D eigenvalue weighted by atomic mass is 10.4. The molecule has 2 aromatic rings. The average Bonchev–Trinajstić information content (AvgIpc) is 2.83. The molecule has 0 fully saturated rings. The van der Waals surface area contributed by atoms with Crippen LogP contribution in [0.15, 0.2) is 35.6 Å². The number of nitrogens with zero attached hydrogens (tertiary/aromatic N) is 3. The van der Waals surface area contributed by atoms with Gasteiger partial charge in [0, 0.05) is 20.3 Å². The smallest absolute Gasteiger partial charge is 0.265 e. The minimum atomic E-state index is -3.60. The van der Waals surface area contributed by atoms with Gasteiger partial charge in [0.05, 0.1) is 18.1 Å². The highest BCUT2D eigenvalue weighted by Gasteiger charge is 2.15. The quantitative estimate of drug-likeness (QED) is 0.849. The van der Waals surface area contributed by atoms with Gasteiger partial charge in [-0.1, -0.05) is 0 Å². The Bertz CT molecular complexity index is 604. The van der Waals surface area contributed by atoms with Gasteiger partial charge in [-0.15, -0.1) is 0 Å². The van der Waals surface area contributed by atoms with Crippen molar-refractivity contribution in [2.24, 2.45) is 0 Å². The number of nitrogens with one attached hydrogen (secondary N) is 2. The molecule has 8 heteroatoms. The second kappa shape index (κ2) is 4.65. The van der Waals surface area contributed by atoms with Crippen LogP contribution < -0.4 is 9.62 Å². The molecule has 0 atom stereocenters. The number of sulfonamides is 1. The predicted molar refractivity (Wildman–Crippen MR) is 68.0 cm³/mol. The lowest BCUT2D eigenvalue weighted by Crippen LogP contribution is -2.13. The molecular weight excluding hydrogens is 254 g/mol. The Morgan fingerprint density at radius 1 is 1.28 bits per heavy atom. The normalized spacial score (nSPS) is 11.2. The SMILES string of the molecule is CN(C)c1ccc(NS(=O)(=O)c2cn[nH]c2)cn1. The molecule has 2 rings (SSSR count). The number of anilines is 2. The van der Waals surface area contributed by atoms with Crippen molar-refractivity contribution in [2.75, 3.05) is 23.7 Å². The highest BCUT2D eigenvalue weighted by molar-refractivity contribution is 7.92. The summed E-state index contributed by atoms with van der Waals surface area (Å²) in [6, 6.07) is 3.38. The van der Waals surface area contributed by atoms with Gasteiger partial charge in [0.1, 0.15) is 10.7 Å². The van der Waals surface area contributed by atoms with E-state index in [9.17, 15) is 8.42 Å². The Kier molecular flexibility index (Phi) is 3.19. The van der Waals surface area contributed by atoms with Gasteiger partial charge in [-0.2, -0.15) is 5.10 Å². The molecule has 0 bridgehead atoms. The summed E-state index contributed by atoms with van der Waals surface area (Å²) in [6.45, 7) is 0. The third-order valence-corrected chi connectivity index (χ3v) is 3.59. The molecule has 96 valence electrons. The third kappa shape index (κ3) is 2.59. The van der Waals surface area contributed by atoms with E-state index in [0.29, 0.717) is 5.69 Å². The maximum absolute atomic E-state index is 11.9. The molecule has 0 aliphatic heterocycles. The summed E-state index contributed by atoms with van der Waals surface area (Å²) >= 11 is 0. The van der Waals surface area contributed by atoms with Crippen LogP contribution in [0.5, 0.6) is 0 Å². The summed E-state index contributed by atoms with van der Waals surface area (Å²) in [5.41, 5.74) is 0.404. The summed E-state index contributed by atoms with van der Waals surface area (Å²) in [5.74, 6) is 0.751. The van der Waals surface area contributed by atoms with Gasteiger partial charge in [-0.25, -0.2) is 13.4 Å². The third-order valence-electron chi connectivity index (χ3n) is 2.24. The predicted octanol–water partition coefficient (Wildman–Crippen LogP) is 0.671. The van der Waals surface area contributed by atoms with Crippen molar-refractivity contribution >= 4 is 21.5 Å². The number of hydrogen-bond donors (Lipinski definition) is 2. The topological polar surface area (TPSA) is 91.0 Å². The molecular formula is C10H13N5O2S. The van der Waals surface area contributed by atoms with Gasteiger partial charge in [-0.3, -0.25) is 9.82 Å². The first-order chi connectivity index (χ1) is 8.49. The zero-order valence-electron chi connectivity index (χ0n) is 9.95. The molecule has 0 unspecified atom stereocenters. The highest BCUT2D eigenvalue weighted by Crippen LogP contribution is 2.16. The second-order valence-corrected chi connectivity index (χ2v) is 5.52. The van der Waals surface area contributed by atoms with Crippen LogP contribution in [0.3, 0.4) is 0 Å². The molecule has 0 spiro atoms. The van der Waals surface area contributed by atoms with Crippen molar-refractivity contribution in [3.8, 4) is 0 Å². The van der Waals surface area contributed by atoms with Gasteiger partial charge >= 0.3 is 0 Å². The van der Waals surface area contributed by atoms with E-state index in [4.69, 9.17) is 0 Å². The van der Waals surface area contributed by atoms with Gasteiger partial charge in [-0.05, 0) is 12.1 Å². The molecule has 2 aromatic heterocycles. The molecule has 0 saturated heterocycles. The first-order valence-electron chi connectivity index (χ1n) is 5.14. The molecule has 2 heterocycles. The highest BCUT2D eigenvalue weighted by atomic mass is 32.2. The maximum Gasteiger partial charge on any atom is 0.265 e. The standard InChI is InChI=1S/C10H13N5O2S/c1-15(2)10-4-3-8(5-11-10)14-18(16,17)9-6-12-13-7-9/h3-7,14H,1-2H3,(H,12,13). The molecule has 0 amide bonds. The maximum atomic E-state index is 11.9. The van der Waals surface area contributed by atoms with Crippen molar-refractivity contribution in [1.29, 1.82) is 0 Å². The number of aromatic amines is 1. The Morgan fingerprint density at radius 2 is 2.06 bits per heavy atom. The minimum absolute atomic E-state index is 0.0826. The van der Waals surface area contributed by atoms with Crippen molar-refractivity contribution in [3.05, 3.63) is 30.7 Å². The summed E-state index contributed by atoms with van der Waals surface area (Å²) in [7, 11) is 0.117. The lowest BCUT2D eigenvalue weighted by Gasteiger charge is -2.11. The van der Waals surface area contributed by atoms with Crippen LogP contribution in [0.2, 0.25) is 0 Å². The fourth-order valence-corrected chi connectivity index (χ4v) is 2.26. The Labute approximate surface area is 105 Å².